The van der Waals surface area contributed by atoms with Crippen LogP contribution in [0, 0.1) is 0 Å². The van der Waals surface area contributed by atoms with Crippen LogP contribution < -0.4 is 19.1 Å². The molecule has 3 rings (SSSR count). The third-order valence-electron chi connectivity index (χ3n) is 6.08. The second-order valence-corrected chi connectivity index (χ2v) is 10.8. The van der Waals surface area contributed by atoms with Crippen molar-refractivity contribution >= 4 is 39.1 Å². The molecular formula is C28H32ClN3O6S. The number of anilines is 1. The number of methoxy groups -OCH3 is 2. The number of amides is 2. The Hall–Kier alpha value is -3.76. The lowest BCUT2D eigenvalue weighted by molar-refractivity contribution is -0.139. The highest BCUT2D eigenvalue weighted by molar-refractivity contribution is 7.92. The Bertz CT molecular complexity index is 1400. The fourth-order valence-corrected chi connectivity index (χ4v) is 5.57. The van der Waals surface area contributed by atoms with Gasteiger partial charge in [-0.15, -0.1) is 0 Å². The van der Waals surface area contributed by atoms with Crippen LogP contribution in [0.15, 0.2) is 77.7 Å². The van der Waals surface area contributed by atoms with Crippen molar-refractivity contribution in [2.45, 2.75) is 31.3 Å². The first-order valence-corrected chi connectivity index (χ1v) is 14.1. The summed E-state index contributed by atoms with van der Waals surface area (Å²) in [5, 5.41) is 3.15. The Kier molecular flexibility index (Phi) is 10.2. The Balaban J connectivity index is 2.05. The third-order valence-corrected chi connectivity index (χ3v) is 8.22. The van der Waals surface area contributed by atoms with E-state index < -0.39 is 28.5 Å². The van der Waals surface area contributed by atoms with Crippen LogP contribution in [0.2, 0.25) is 5.02 Å². The first kappa shape index (κ1) is 29.8. The van der Waals surface area contributed by atoms with E-state index in [1.807, 2.05) is 0 Å². The molecule has 2 amide bonds. The number of hydrogen-bond acceptors (Lipinski definition) is 6. The maximum Gasteiger partial charge on any atom is 0.264 e. The zero-order chi connectivity index (χ0) is 28.6. The molecule has 1 atom stereocenters. The minimum absolute atomic E-state index is 0.00977. The standard InChI is InChI=1S/C28H32ClN3O6S/c1-5-30-28(34)20(2)31(18-21-11-9-10-14-24(21)29)27(33)19-32(22-12-7-6-8-13-22)39(35,36)23-15-16-25(37-3)26(17-23)38-4/h6-17,20H,5,18-19H2,1-4H3,(H,30,34)/t20-/m1/s1. The van der Waals surface area contributed by atoms with Gasteiger partial charge in [0.05, 0.1) is 24.8 Å². The number of nitrogens with one attached hydrogen (secondary N) is 1. The van der Waals surface area contributed by atoms with Crippen LogP contribution in [-0.4, -0.2) is 58.5 Å². The Morgan fingerprint density at radius 1 is 0.949 bits per heavy atom. The number of halogens is 1. The molecule has 0 spiro atoms. The lowest BCUT2D eigenvalue weighted by Gasteiger charge is -2.32. The van der Waals surface area contributed by atoms with E-state index in [9.17, 15) is 18.0 Å². The van der Waals surface area contributed by atoms with Gasteiger partial charge in [-0.05, 0) is 49.7 Å². The third kappa shape index (κ3) is 7.01. The number of sulfonamides is 1. The fraction of sp³-hybridized carbons (Fsp3) is 0.286. The van der Waals surface area contributed by atoms with Gasteiger partial charge in [0, 0.05) is 24.2 Å². The van der Waals surface area contributed by atoms with Crippen molar-refractivity contribution in [1.29, 1.82) is 0 Å². The molecule has 3 aromatic carbocycles. The molecule has 9 nitrogen and oxygen atoms in total. The number of rotatable bonds is 12. The van der Waals surface area contributed by atoms with Crippen molar-refractivity contribution in [3.05, 3.63) is 83.4 Å². The summed E-state index contributed by atoms with van der Waals surface area (Å²) in [5.41, 5.74) is 0.904. The zero-order valence-electron chi connectivity index (χ0n) is 22.3. The van der Waals surface area contributed by atoms with Crippen LogP contribution >= 0.6 is 11.6 Å². The molecule has 3 aromatic rings. The van der Waals surface area contributed by atoms with E-state index in [0.717, 1.165) is 4.31 Å². The summed E-state index contributed by atoms with van der Waals surface area (Å²) in [7, 11) is -1.40. The average Bonchev–Trinajstić information content (AvgIpc) is 2.95. The Morgan fingerprint density at radius 3 is 2.21 bits per heavy atom. The quantitative estimate of drug-likeness (QED) is 0.350. The van der Waals surface area contributed by atoms with Crippen LogP contribution in [-0.2, 0) is 26.2 Å². The van der Waals surface area contributed by atoms with Gasteiger partial charge in [-0.2, -0.15) is 0 Å². The van der Waals surface area contributed by atoms with Gasteiger partial charge in [0.15, 0.2) is 11.5 Å². The van der Waals surface area contributed by atoms with E-state index in [0.29, 0.717) is 22.9 Å². The number of nitrogens with zero attached hydrogens (tertiary/aromatic N) is 2. The molecule has 208 valence electrons. The predicted molar refractivity (Wildman–Crippen MR) is 151 cm³/mol. The molecule has 0 heterocycles. The molecular weight excluding hydrogens is 542 g/mol. The second-order valence-electron chi connectivity index (χ2n) is 8.55. The topological polar surface area (TPSA) is 105 Å². The van der Waals surface area contributed by atoms with E-state index in [-0.39, 0.29) is 28.8 Å². The molecule has 1 N–H and O–H groups in total. The SMILES string of the molecule is CCNC(=O)[C@@H](C)N(Cc1ccccc1Cl)C(=O)CN(c1ccccc1)S(=O)(=O)c1ccc(OC)c(OC)c1. The molecule has 0 saturated heterocycles. The maximum atomic E-state index is 13.9. The fourth-order valence-electron chi connectivity index (χ4n) is 3.94. The summed E-state index contributed by atoms with van der Waals surface area (Å²) in [4.78, 5) is 27.9. The number of benzene rings is 3. The van der Waals surface area contributed by atoms with Gasteiger partial charge in [-0.1, -0.05) is 48.0 Å². The van der Waals surface area contributed by atoms with Crippen molar-refractivity contribution < 1.29 is 27.5 Å². The highest BCUT2D eigenvalue weighted by atomic mass is 35.5. The van der Waals surface area contributed by atoms with Gasteiger partial charge in [-0.3, -0.25) is 13.9 Å². The molecule has 0 aliphatic heterocycles. The average molecular weight is 574 g/mol. The zero-order valence-corrected chi connectivity index (χ0v) is 23.8. The van der Waals surface area contributed by atoms with Gasteiger partial charge in [0.2, 0.25) is 11.8 Å². The molecule has 11 heteroatoms. The smallest absolute Gasteiger partial charge is 0.264 e. The highest BCUT2D eigenvalue weighted by Gasteiger charge is 2.33. The van der Waals surface area contributed by atoms with Crippen molar-refractivity contribution in [2.75, 3.05) is 31.6 Å². The highest BCUT2D eigenvalue weighted by Crippen LogP contribution is 2.32. The lowest BCUT2D eigenvalue weighted by Crippen LogP contribution is -2.51. The summed E-state index contributed by atoms with van der Waals surface area (Å²) >= 11 is 6.36. The monoisotopic (exact) mass is 573 g/mol. The number of ether oxygens (including phenoxy) is 2. The van der Waals surface area contributed by atoms with Crippen molar-refractivity contribution in [2.24, 2.45) is 0 Å². The molecule has 39 heavy (non-hydrogen) atoms. The summed E-state index contributed by atoms with van der Waals surface area (Å²) in [5.74, 6) is -0.364. The molecule has 0 radical (unpaired) electrons. The number of carbonyl (C=O) groups is 2. The minimum Gasteiger partial charge on any atom is -0.493 e. The Labute approximate surface area is 234 Å². The molecule has 0 saturated carbocycles. The molecule has 0 aromatic heterocycles. The first-order valence-electron chi connectivity index (χ1n) is 12.2. The van der Waals surface area contributed by atoms with Crippen LogP contribution in [0.1, 0.15) is 19.4 Å². The van der Waals surface area contributed by atoms with E-state index in [2.05, 4.69) is 5.32 Å². The number of likely N-dealkylation sites (N-methyl/N-ethyl adjacent to an activating group) is 1. The number of para-hydroxylation sites is 1. The summed E-state index contributed by atoms with van der Waals surface area (Å²) in [6, 6.07) is 18.6. The van der Waals surface area contributed by atoms with Gasteiger partial charge in [-0.25, -0.2) is 8.42 Å². The van der Waals surface area contributed by atoms with E-state index >= 15 is 0 Å². The number of carbonyl (C=O) groups excluding carboxylic acids is 2. The second kappa shape index (κ2) is 13.3. The molecule has 0 fully saturated rings. The lowest BCUT2D eigenvalue weighted by atomic mass is 10.1. The van der Waals surface area contributed by atoms with Crippen LogP contribution in [0.4, 0.5) is 5.69 Å². The first-order chi connectivity index (χ1) is 18.6. The van der Waals surface area contributed by atoms with Crippen molar-refractivity contribution in [3.8, 4) is 11.5 Å². The molecule has 0 aliphatic rings. The predicted octanol–water partition coefficient (Wildman–Crippen LogP) is 4.11. The van der Waals surface area contributed by atoms with Gasteiger partial charge in [0.1, 0.15) is 12.6 Å². The van der Waals surface area contributed by atoms with Gasteiger partial charge in [0.25, 0.3) is 10.0 Å². The largest absolute Gasteiger partial charge is 0.493 e. The van der Waals surface area contributed by atoms with Gasteiger partial charge < -0.3 is 19.7 Å². The molecule has 0 bridgehead atoms. The molecule has 0 aliphatic carbocycles. The normalized spacial score (nSPS) is 11.8. The Morgan fingerprint density at radius 2 is 1.59 bits per heavy atom. The van der Waals surface area contributed by atoms with Crippen molar-refractivity contribution in [1.82, 2.24) is 10.2 Å². The molecule has 0 unspecified atom stereocenters. The van der Waals surface area contributed by atoms with Crippen LogP contribution in [0.3, 0.4) is 0 Å². The number of hydrogen-bond donors (Lipinski definition) is 1. The summed E-state index contributed by atoms with van der Waals surface area (Å²) in [6.07, 6.45) is 0. The van der Waals surface area contributed by atoms with Crippen LogP contribution in [0.5, 0.6) is 11.5 Å². The minimum atomic E-state index is -4.25. The maximum absolute atomic E-state index is 13.9. The summed E-state index contributed by atoms with van der Waals surface area (Å²) < 4.78 is 39.4. The van der Waals surface area contributed by atoms with E-state index in [4.69, 9.17) is 21.1 Å². The van der Waals surface area contributed by atoms with Gasteiger partial charge >= 0.3 is 0 Å². The van der Waals surface area contributed by atoms with E-state index in [1.54, 1.807) is 68.4 Å². The van der Waals surface area contributed by atoms with Crippen molar-refractivity contribution in [3.63, 3.8) is 0 Å². The summed E-state index contributed by atoms with van der Waals surface area (Å²) in [6.45, 7) is 3.19. The van der Waals surface area contributed by atoms with Crippen LogP contribution in [0.25, 0.3) is 0 Å². The van der Waals surface area contributed by atoms with E-state index in [1.165, 1.54) is 37.3 Å².